The summed E-state index contributed by atoms with van der Waals surface area (Å²) in [4.78, 5) is 21.1. The third-order valence-corrected chi connectivity index (χ3v) is 6.15. The molecule has 3 aromatic rings. The van der Waals surface area contributed by atoms with Crippen LogP contribution in [0.1, 0.15) is 49.3 Å². The van der Waals surface area contributed by atoms with E-state index >= 15 is 0 Å². The summed E-state index contributed by atoms with van der Waals surface area (Å²) in [5, 5.41) is 13.7. The van der Waals surface area contributed by atoms with Crippen molar-refractivity contribution in [1.29, 1.82) is 0 Å². The summed E-state index contributed by atoms with van der Waals surface area (Å²) in [6, 6.07) is 5.89. The summed E-state index contributed by atoms with van der Waals surface area (Å²) in [7, 11) is 2.12. The molecule has 30 heavy (non-hydrogen) atoms. The van der Waals surface area contributed by atoms with Crippen LogP contribution >= 0.6 is 0 Å². The van der Waals surface area contributed by atoms with Gasteiger partial charge in [0.05, 0.1) is 11.1 Å². The predicted molar refractivity (Wildman–Crippen MR) is 118 cm³/mol. The zero-order valence-corrected chi connectivity index (χ0v) is 18.7. The molecule has 0 aliphatic carbocycles. The van der Waals surface area contributed by atoms with Crippen LogP contribution in [0.3, 0.4) is 0 Å². The van der Waals surface area contributed by atoms with Gasteiger partial charge in [-0.25, -0.2) is 4.68 Å². The third kappa shape index (κ3) is 3.65. The van der Waals surface area contributed by atoms with Crippen molar-refractivity contribution in [2.45, 2.75) is 46.2 Å². The maximum atomic E-state index is 13.3. The molecule has 0 saturated carbocycles. The highest BCUT2D eigenvalue weighted by molar-refractivity contribution is 5.83. The topological polar surface area (TPSA) is 82.9 Å². The van der Waals surface area contributed by atoms with Gasteiger partial charge in [0.25, 0.3) is 5.56 Å². The summed E-state index contributed by atoms with van der Waals surface area (Å²) in [6.45, 7) is 13.9. The molecule has 1 atom stereocenters. The van der Waals surface area contributed by atoms with Gasteiger partial charge in [-0.05, 0) is 74.7 Å². The molecule has 2 aromatic heterocycles. The van der Waals surface area contributed by atoms with Crippen molar-refractivity contribution in [3.63, 3.8) is 0 Å². The number of aromatic amines is 1. The van der Waals surface area contributed by atoms with Gasteiger partial charge in [0, 0.05) is 31.7 Å². The van der Waals surface area contributed by atoms with Crippen LogP contribution in [0.15, 0.2) is 23.0 Å². The second kappa shape index (κ2) is 7.59. The Kier molecular flexibility index (Phi) is 5.23. The average molecular weight is 410 g/mol. The smallest absolute Gasteiger partial charge is 0.253 e. The van der Waals surface area contributed by atoms with Gasteiger partial charge >= 0.3 is 0 Å². The number of H-pyrrole nitrogens is 1. The van der Waals surface area contributed by atoms with E-state index in [0.717, 1.165) is 48.2 Å². The lowest BCUT2D eigenvalue weighted by atomic mass is 9.99. The number of nitrogens with one attached hydrogen (secondary N) is 1. The molecule has 8 heteroatoms. The first kappa shape index (κ1) is 20.7. The van der Waals surface area contributed by atoms with E-state index in [1.807, 2.05) is 17.7 Å². The highest BCUT2D eigenvalue weighted by Gasteiger charge is 2.34. The molecule has 160 valence electrons. The SMILES string of the molecule is Cc1ccc2cc(C(c3nnnn3C(C)(C)C)N3CCN(C)CC3)c(=O)[nH]c2c1C. The van der Waals surface area contributed by atoms with E-state index in [-0.39, 0.29) is 17.1 Å². The number of pyridine rings is 1. The molecule has 1 saturated heterocycles. The molecule has 0 spiro atoms. The summed E-state index contributed by atoms with van der Waals surface area (Å²) in [5.74, 6) is 0.709. The number of tetrazole rings is 1. The zero-order chi connectivity index (χ0) is 21.6. The van der Waals surface area contributed by atoms with Crippen molar-refractivity contribution < 1.29 is 0 Å². The number of nitrogens with zero attached hydrogens (tertiary/aromatic N) is 6. The average Bonchev–Trinajstić information content (AvgIpc) is 3.17. The first-order valence-electron chi connectivity index (χ1n) is 10.5. The van der Waals surface area contributed by atoms with Gasteiger partial charge in [-0.1, -0.05) is 12.1 Å². The number of piperazine rings is 1. The molecule has 0 radical (unpaired) electrons. The molecule has 1 aromatic carbocycles. The number of likely N-dealkylation sites (N-methyl/N-ethyl adjacent to an activating group) is 1. The monoisotopic (exact) mass is 409 g/mol. The van der Waals surface area contributed by atoms with E-state index in [4.69, 9.17) is 0 Å². The summed E-state index contributed by atoms with van der Waals surface area (Å²) in [6.07, 6.45) is 0. The van der Waals surface area contributed by atoms with Crippen LogP contribution in [-0.2, 0) is 5.54 Å². The molecular weight excluding hydrogens is 378 g/mol. The molecule has 8 nitrogen and oxygen atoms in total. The van der Waals surface area contributed by atoms with Crippen molar-refractivity contribution in [3.05, 3.63) is 51.1 Å². The lowest BCUT2D eigenvalue weighted by Crippen LogP contribution is -2.48. The van der Waals surface area contributed by atoms with E-state index in [1.165, 1.54) is 0 Å². The Bertz CT molecular complexity index is 1120. The van der Waals surface area contributed by atoms with Gasteiger partial charge in [0.1, 0.15) is 6.04 Å². The Morgan fingerprint density at radius 3 is 2.47 bits per heavy atom. The maximum absolute atomic E-state index is 13.3. The molecular formula is C22H31N7O. The van der Waals surface area contributed by atoms with Crippen LogP contribution in [0.2, 0.25) is 0 Å². The third-order valence-electron chi connectivity index (χ3n) is 6.15. The molecule has 4 rings (SSSR count). The van der Waals surface area contributed by atoms with E-state index < -0.39 is 0 Å². The molecule has 3 heterocycles. The largest absolute Gasteiger partial charge is 0.321 e. The van der Waals surface area contributed by atoms with Crippen LogP contribution in [0.5, 0.6) is 0 Å². The Balaban J connectivity index is 1.91. The molecule has 0 amide bonds. The molecule has 0 bridgehead atoms. The van der Waals surface area contributed by atoms with Crippen LogP contribution in [0.4, 0.5) is 0 Å². The first-order chi connectivity index (χ1) is 14.2. The summed E-state index contributed by atoms with van der Waals surface area (Å²) < 4.78 is 1.85. The highest BCUT2D eigenvalue weighted by atomic mass is 16.1. The minimum Gasteiger partial charge on any atom is -0.321 e. The van der Waals surface area contributed by atoms with E-state index in [9.17, 15) is 4.79 Å². The number of hydrogen-bond acceptors (Lipinski definition) is 6. The highest BCUT2D eigenvalue weighted by Crippen LogP contribution is 2.30. The standard InChI is InChI=1S/C22H31N7O/c1-14-7-8-16-13-17(21(30)23-18(16)15(14)2)19(28-11-9-27(6)10-12-28)20-24-25-26-29(20)22(3,4)5/h7-8,13,19H,9-12H2,1-6H3,(H,23,30). The summed E-state index contributed by atoms with van der Waals surface area (Å²) in [5.41, 5.74) is 3.49. The van der Waals surface area contributed by atoms with Crippen molar-refractivity contribution in [3.8, 4) is 0 Å². The Labute approximate surface area is 176 Å². The van der Waals surface area contributed by atoms with Crippen LogP contribution in [0, 0.1) is 13.8 Å². The van der Waals surface area contributed by atoms with Crippen molar-refractivity contribution in [2.75, 3.05) is 33.2 Å². The minimum atomic E-state index is -0.303. The molecule has 1 N–H and O–H groups in total. The predicted octanol–water partition coefficient (Wildman–Crippen LogP) is 2.22. The van der Waals surface area contributed by atoms with Crippen LogP contribution < -0.4 is 5.56 Å². The number of fused-ring (bicyclic) bond motifs is 1. The fourth-order valence-corrected chi connectivity index (χ4v) is 4.17. The Morgan fingerprint density at radius 2 is 1.80 bits per heavy atom. The van der Waals surface area contributed by atoms with Crippen molar-refractivity contribution >= 4 is 10.9 Å². The van der Waals surface area contributed by atoms with Gasteiger partial charge in [-0.3, -0.25) is 9.69 Å². The maximum Gasteiger partial charge on any atom is 0.253 e. The fourth-order valence-electron chi connectivity index (χ4n) is 4.17. The van der Waals surface area contributed by atoms with Crippen LogP contribution in [-0.4, -0.2) is 68.2 Å². The summed E-state index contributed by atoms with van der Waals surface area (Å²) >= 11 is 0. The van der Waals surface area contributed by atoms with Gasteiger partial charge in [0.2, 0.25) is 0 Å². The normalized spacial score (nSPS) is 17.5. The first-order valence-corrected chi connectivity index (χ1v) is 10.5. The quantitative estimate of drug-likeness (QED) is 0.714. The van der Waals surface area contributed by atoms with Gasteiger partial charge in [0.15, 0.2) is 5.82 Å². The number of aryl methyl sites for hydroxylation is 2. The van der Waals surface area contributed by atoms with Gasteiger partial charge < -0.3 is 9.88 Å². The number of aromatic nitrogens is 5. The lowest BCUT2D eigenvalue weighted by Gasteiger charge is -2.38. The molecule has 1 fully saturated rings. The number of hydrogen-bond donors (Lipinski definition) is 1. The molecule has 1 aliphatic rings. The second-order valence-corrected chi connectivity index (χ2v) is 9.39. The molecule has 1 unspecified atom stereocenters. The molecule has 1 aliphatic heterocycles. The van der Waals surface area contributed by atoms with E-state index in [0.29, 0.717) is 11.4 Å². The van der Waals surface area contributed by atoms with Crippen molar-refractivity contribution in [2.24, 2.45) is 0 Å². The Hall–Kier alpha value is -2.58. The fraction of sp³-hybridized carbons (Fsp3) is 0.545. The Morgan fingerprint density at radius 1 is 1.10 bits per heavy atom. The van der Waals surface area contributed by atoms with Crippen molar-refractivity contribution in [1.82, 2.24) is 35.0 Å². The van der Waals surface area contributed by atoms with E-state index in [1.54, 1.807) is 0 Å². The van der Waals surface area contributed by atoms with Gasteiger partial charge in [-0.2, -0.15) is 0 Å². The number of rotatable bonds is 3. The van der Waals surface area contributed by atoms with E-state index in [2.05, 4.69) is 77.2 Å². The lowest BCUT2D eigenvalue weighted by molar-refractivity contribution is 0.118. The second-order valence-electron chi connectivity index (χ2n) is 9.39. The van der Waals surface area contributed by atoms with Crippen LogP contribution in [0.25, 0.3) is 10.9 Å². The number of benzene rings is 1. The zero-order valence-electron chi connectivity index (χ0n) is 18.7. The van der Waals surface area contributed by atoms with Gasteiger partial charge in [-0.15, -0.1) is 5.10 Å². The minimum absolute atomic E-state index is 0.0800.